The summed E-state index contributed by atoms with van der Waals surface area (Å²) >= 11 is 0. The van der Waals surface area contributed by atoms with Crippen LogP contribution in [0, 0.1) is 0 Å². The molecule has 1 unspecified atom stereocenters. The maximum absolute atomic E-state index is 7.03. The predicted molar refractivity (Wildman–Crippen MR) is 116 cm³/mol. The van der Waals surface area contributed by atoms with Gasteiger partial charge < -0.3 is 23.4 Å². The standard InChI is InChI=1S/C23H36O5Si/c1-15(2)29(16(3)4,17(5)6)28-20-12-13-25-21-14-26-23(27-22(20)21)18-8-10-19(24-7)11-9-18/h8-13,15-17,20-23H,14H2,1-7H3/t20-,21-,22+,23?/m1/s1. The lowest BCUT2D eigenvalue weighted by Gasteiger charge is -2.48. The van der Waals surface area contributed by atoms with E-state index in [1.54, 1.807) is 13.4 Å². The topological polar surface area (TPSA) is 46.2 Å². The molecule has 0 amide bonds. The van der Waals surface area contributed by atoms with E-state index in [9.17, 15) is 0 Å². The highest BCUT2D eigenvalue weighted by Crippen LogP contribution is 2.45. The van der Waals surface area contributed by atoms with Crippen LogP contribution in [0.5, 0.6) is 5.75 Å². The molecule has 6 heteroatoms. The van der Waals surface area contributed by atoms with Crippen LogP contribution < -0.4 is 4.74 Å². The van der Waals surface area contributed by atoms with Gasteiger partial charge in [-0.3, -0.25) is 0 Å². The van der Waals surface area contributed by atoms with Crippen molar-refractivity contribution in [3.05, 3.63) is 42.2 Å². The van der Waals surface area contributed by atoms with Gasteiger partial charge in [-0.05, 0) is 34.8 Å². The molecule has 0 aliphatic carbocycles. The number of fused-ring (bicyclic) bond motifs is 1. The molecular formula is C23H36O5Si. The van der Waals surface area contributed by atoms with Gasteiger partial charge in [0, 0.05) is 5.56 Å². The Morgan fingerprint density at radius 2 is 1.59 bits per heavy atom. The molecule has 1 aromatic rings. The van der Waals surface area contributed by atoms with Gasteiger partial charge in [0.05, 0.1) is 26.1 Å². The molecule has 2 aliphatic heterocycles. The van der Waals surface area contributed by atoms with E-state index in [1.807, 2.05) is 30.3 Å². The second-order valence-corrected chi connectivity index (χ2v) is 14.3. The third-order valence-electron chi connectivity index (χ3n) is 6.34. The summed E-state index contributed by atoms with van der Waals surface area (Å²) in [4.78, 5) is 0. The van der Waals surface area contributed by atoms with Gasteiger partial charge in [0.2, 0.25) is 8.32 Å². The van der Waals surface area contributed by atoms with Crippen LogP contribution in [0.25, 0.3) is 0 Å². The second kappa shape index (κ2) is 9.21. The lowest BCUT2D eigenvalue weighted by atomic mass is 10.0. The SMILES string of the molecule is COc1ccc(C2OC[C@H]3OC=C[C@@H](O[Si](C(C)C)(C(C)C)C(C)C)[C@@H]3O2)cc1. The molecule has 4 atom stereocenters. The highest BCUT2D eigenvalue weighted by Gasteiger charge is 2.50. The summed E-state index contributed by atoms with van der Waals surface area (Å²) in [5.74, 6) is 0.814. The van der Waals surface area contributed by atoms with E-state index in [-0.39, 0.29) is 18.3 Å². The van der Waals surface area contributed by atoms with E-state index in [0.29, 0.717) is 23.2 Å². The summed E-state index contributed by atoms with van der Waals surface area (Å²) in [6.07, 6.45) is 2.87. The Hall–Kier alpha value is -1.34. The normalized spacial score (nSPS) is 27.2. The van der Waals surface area contributed by atoms with Crippen molar-refractivity contribution in [2.75, 3.05) is 13.7 Å². The van der Waals surface area contributed by atoms with Crippen LogP contribution in [0.4, 0.5) is 0 Å². The number of rotatable bonds is 7. The minimum atomic E-state index is -2.05. The van der Waals surface area contributed by atoms with Crippen LogP contribution in [0.2, 0.25) is 16.6 Å². The zero-order chi connectivity index (χ0) is 21.2. The Bertz CT molecular complexity index is 663. The molecule has 1 fully saturated rings. The number of hydrogen-bond acceptors (Lipinski definition) is 5. The van der Waals surface area contributed by atoms with Gasteiger partial charge in [0.15, 0.2) is 12.4 Å². The van der Waals surface area contributed by atoms with E-state index in [1.165, 1.54) is 0 Å². The lowest BCUT2D eigenvalue weighted by molar-refractivity contribution is -0.275. The molecule has 2 heterocycles. The average molecular weight is 421 g/mol. The number of methoxy groups -OCH3 is 1. The van der Waals surface area contributed by atoms with Gasteiger partial charge in [0.25, 0.3) is 0 Å². The summed E-state index contributed by atoms with van der Waals surface area (Å²) in [5, 5.41) is 0. The van der Waals surface area contributed by atoms with Crippen LogP contribution >= 0.6 is 0 Å². The molecule has 3 rings (SSSR count). The van der Waals surface area contributed by atoms with Crippen molar-refractivity contribution < 1.29 is 23.4 Å². The van der Waals surface area contributed by atoms with Crippen LogP contribution in [-0.4, -0.2) is 40.3 Å². The molecule has 0 radical (unpaired) electrons. The van der Waals surface area contributed by atoms with E-state index in [4.69, 9.17) is 23.4 Å². The minimum absolute atomic E-state index is 0.128. The van der Waals surface area contributed by atoms with E-state index >= 15 is 0 Å². The third-order valence-corrected chi connectivity index (χ3v) is 12.4. The van der Waals surface area contributed by atoms with Crippen molar-refractivity contribution in [2.45, 2.75) is 82.8 Å². The third kappa shape index (κ3) is 4.40. The summed E-state index contributed by atoms with van der Waals surface area (Å²) in [6, 6.07) is 7.81. The van der Waals surface area contributed by atoms with Gasteiger partial charge in [-0.1, -0.05) is 53.7 Å². The molecule has 0 spiro atoms. The Morgan fingerprint density at radius 1 is 0.966 bits per heavy atom. The summed E-state index contributed by atoms with van der Waals surface area (Å²) in [7, 11) is -0.387. The van der Waals surface area contributed by atoms with E-state index < -0.39 is 14.6 Å². The minimum Gasteiger partial charge on any atom is -0.497 e. The highest BCUT2D eigenvalue weighted by atomic mass is 28.4. The molecule has 2 aliphatic rings. The van der Waals surface area contributed by atoms with Crippen molar-refractivity contribution in [1.82, 2.24) is 0 Å². The smallest absolute Gasteiger partial charge is 0.201 e. The van der Waals surface area contributed by atoms with Gasteiger partial charge in [-0.25, -0.2) is 0 Å². The number of ether oxygens (including phenoxy) is 4. The maximum atomic E-state index is 7.03. The van der Waals surface area contributed by atoms with Crippen molar-refractivity contribution in [2.24, 2.45) is 0 Å². The predicted octanol–water partition coefficient (Wildman–Crippen LogP) is 5.58. The van der Waals surface area contributed by atoms with Crippen molar-refractivity contribution >= 4 is 8.32 Å². The van der Waals surface area contributed by atoms with Crippen molar-refractivity contribution in [3.63, 3.8) is 0 Å². The fraction of sp³-hybridized carbons (Fsp3) is 0.652. The summed E-state index contributed by atoms with van der Waals surface area (Å²) < 4.78 is 30.5. The molecule has 162 valence electrons. The highest BCUT2D eigenvalue weighted by molar-refractivity contribution is 6.77. The van der Waals surface area contributed by atoms with E-state index in [0.717, 1.165) is 11.3 Å². The first-order valence-electron chi connectivity index (χ1n) is 10.7. The Kier molecular flexibility index (Phi) is 7.09. The first-order chi connectivity index (χ1) is 13.8. The molecule has 1 aromatic carbocycles. The monoisotopic (exact) mass is 420 g/mol. The average Bonchev–Trinajstić information content (AvgIpc) is 2.71. The zero-order valence-electron chi connectivity index (χ0n) is 18.8. The fourth-order valence-corrected chi connectivity index (χ4v) is 10.5. The molecule has 5 nitrogen and oxygen atoms in total. The van der Waals surface area contributed by atoms with Gasteiger partial charge in [-0.2, -0.15) is 0 Å². The molecule has 0 saturated carbocycles. The van der Waals surface area contributed by atoms with Crippen LogP contribution in [0.3, 0.4) is 0 Å². The Balaban J connectivity index is 1.82. The summed E-state index contributed by atoms with van der Waals surface area (Å²) in [6.45, 7) is 14.3. The van der Waals surface area contributed by atoms with Crippen LogP contribution in [-0.2, 0) is 18.6 Å². The molecule has 1 saturated heterocycles. The quantitative estimate of drug-likeness (QED) is 0.539. The molecule has 0 aromatic heterocycles. The molecule has 29 heavy (non-hydrogen) atoms. The maximum Gasteiger partial charge on any atom is 0.201 e. The van der Waals surface area contributed by atoms with Crippen LogP contribution in [0.15, 0.2) is 36.6 Å². The first kappa shape index (κ1) is 22.3. The summed E-state index contributed by atoms with van der Waals surface area (Å²) in [5.41, 5.74) is 2.50. The lowest BCUT2D eigenvalue weighted by Crippen LogP contribution is -2.57. The van der Waals surface area contributed by atoms with Crippen molar-refractivity contribution in [3.8, 4) is 5.75 Å². The van der Waals surface area contributed by atoms with Crippen molar-refractivity contribution in [1.29, 1.82) is 0 Å². The fourth-order valence-electron chi connectivity index (χ4n) is 4.97. The second-order valence-electron chi connectivity index (χ2n) is 8.94. The van der Waals surface area contributed by atoms with Gasteiger partial charge in [0.1, 0.15) is 11.9 Å². The largest absolute Gasteiger partial charge is 0.497 e. The van der Waals surface area contributed by atoms with Gasteiger partial charge in [-0.15, -0.1) is 0 Å². The molecule has 0 N–H and O–H groups in total. The Labute approximate surface area is 176 Å². The first-order valence-corrected chi connectivity index (χ1v) is 12.8. The Morgan fingerprint density at radius 3 is 2.14 bits per heavy atom. The zero-order valence-corrected chi connectivity index (χ0v) is 19.8. The number of benzene rings is 1. The molecular weight excluding hydrogens is 384 g/mol. The van der Waals surface area contributed by atoms with Gasteiger partial charge >= 0.3 is 0 Å². The number of hydrogen-bond donors (Lipinski definition) is 0. The molecule has 0 bridgehead atoms. The van der Waals surface area contributed by atoms with Crippen LogP contribution in [0.1, 0.15) is 53.4 Å². The van der Waals surface area contributed by atoms with E-state index in [2.05, 4.69) is 41.5 Å².